The predicted octanol–water partition coefficient (Wildman–Crippen LogP) is 4.16. The largest absolute Gasteiger partial charge is 0.358 e. The fourth-order valence-electron chi connectivity index (χ4n) is 2.69. The lowest BCUT2D eigenvalue weighted by Crippen LogP contribution is -1.93. The van der Waals surface area contributed by atoms with E-state index in [0.29, 0.717) is 11.3 Å². The van der Waals surface area contributed by atoms with Crippen LogP contribution in [0.2, 0.25) is 0 Å². The molecule has 1 fully saturated rings. The zero-order chi connectivity index (χ0) is 11.3. The summed E-state index contributed by atoms with van der Waals surface area (Å²) in [4.78, 5) is 3.57. The van der Waals surface area contributed by atoms with Crippen molar-refractivity contribution in [2.75, 3.05) is 0 Å². The van der Waals surface area contributed by atoms with E-state index < -0.39 is 0 Å². The zero-order valence-corrected chi connectivity index (χ0v) is 9.88. The van der Waals surface area contributed by atoms with Crippen molar-refractivity contribution < 1.29 is 0 Å². The molecular formula is C15H17N. The summed E-state index contributed by atoms with van der Waals surface area (Å²) in [7, 11) is 0. The van der Waals surface area contributed by atoms with Crippen LogP contribution < -0.4 is 0 Å². The van der Waals surface area contributed by atoms with Gasteiger partial charge in [-0.2, -0.15) is 0 Å². The zero-order valence-electron chi connectivity index (χ0n) is 9.88. The lowest BCUT2D eigenvalue weighted by atomic mass is 10.0. The molecule has 16 heavy (non-hydrogen) atoms. The first kappa shape index (κ1) is 9.71. The summed E-state index contributed by atoms with van der Waals surface area (Å²) < 4.78 is 0. The third kappa shape index (κ3) is 1.18. The molecule has 0 spiro atoms. The summed E-state index contributed by atoms with van der Waals surface area (Å²) >= 11 is 0. The fraction of sp³-hybridized carbons (Fsp3) is 0.333. The molecule has 1 aliphatic rings. The molecular weight excluding hydrogens is 194 g/mol. The van der Waals surface area contributed by atoms with Crippen molar-refractivity contribution in [1.82, 2.24) is 4.98 Å². The van der Waals surface area contributed by atoms with E-state index >= 15 is 0 Å². The molecule has 1 aliphatic carbocycles. The summed E-state index contributed by atoms with van der Waals surface area (Å²) in [6, 6.07) is 8.53. The van der Waals surface area contributed by atoms with Crippen molar-refractivity contribution in [3.05, 3.63) is 48.2 Å². The van der Waals surface area contributed by atoms with E-state index in [1.807, 2.05) is 0 Å². The Morgan fingerprint density at radius 1 is 1.44 bits per heavy atom. The highest BCUT2D eigenvalue weighted by molar-refractivity contribution is 5.84. The maximum atomic E-state index is 3.94. The third-order valence-electron chi connectivity index (χ3n) is 4.10. The molecule has 0 radical (unpaired) electrons. The Morgan fingerprint density at radius 2 is 2.19 bits per heavy atom. The average Bonchev–Trinajstić information content (AvgIpc) is 2.87. The lowest BCUT2D eigenvalue weighted by molar-refractivity contribution is 0.703. The second kappa shape index (κ2) is 3.00. The highest BCUT2D eigenvalue weighted by Crippen LogP contribution is 2.60. The molecule has 2 unspecified atom stereocenters. The summed E-state index contributed by atoms with van der Waals surface area (Å²) in [6.07, 6.45) is 3.33. The van der Waals surface area contributed by atoms with Crippen LogP contribution in [-0.4, -0.2) is 4.98 Å². The number of aromatic amines is 1. The van der Waals surface area contributed by atoms with Crippen molar-refractivity contribution in [1.29, 1.82) is 0 Å². The molecule has 1 saturated carbocycles. The van der Waals surface area contributed by atoms with Crippen molar-refractivity contribution in [2.24, 2.45) is 5.41 Å². The average molecular weight is 211 g/mol. The highest BCUT2D eigenvalue weighted by atomic mass is 14.8. The molecule has 0 saturated heterocycles. The molecule has 0 aliphatic heterocycles. The summed E-state index contributed by atoms with van der Waals surface area (Å²) in [5.74, 6) is 0.636. The van der Waals surface area contributed by atoms with Gasteiger partial charge in [-0.25, -0.2) is 0 Å². The van der Waals surface area contributed by atoms with E-state index in [-0.39, 0.29) is 0 Å². The molecule has 82 valence electrons. The van der Waals surface area contributed by atoms with E-state index in [9.17, 15) is 0 Å². The minimum atomic E-state index is 0.311. The van der Waals surface area contributed by atoms with Gasteiger partial charge in [-0.05, 0) is 30.4 Å². The quantitative estimate of drug-likeness (QED) is 0.718. The first-order chi connectivity index (χ1) is 7.65. The maximum Gasteiger partial charge on any atom is 0.0458 e. The van der Waals surface area contributed by atoms with Gasteiger partial charge in [0.15, 0.2) is 0 Å². The molecule has 1 N–H and O–H groups in total. The van der Waals surface area contributed by atoms with Gasteiger partial charge >= 0.3 is 0 Å². The lowest BCUT2D eigenvalue weighted by Gasteiger charge is -2.03. The maximum absolute atomic E-state index is 3.94. The number of para-hydroxylation sites is 1. The molecule has 1 heterocycles. The number of fused-ring (bicyclic) bond motifs is 1. The van der Waals surface area contributed by atoms with Crippen molar-refractivity contribution in [3.8, 4) is 0 Å². The molecule has 1 aromatic heterocycles. The minimum Gasteiger partial charge on any atom is -0.358 e. The van der Waals surface area contributed by atoms with Gasteiger partial charge in [-0.3, -0.25) is 0 Å². The van der Waals surface area contributed by atoms with Crippen LogP contribution in [0, 0.1) is 12.3 Å². The van der Waals surface area contributed by atoms with Gasteiger partial charge in [-0.1, -0.05) is 31.2 Å². The summed E-state index contributed by atoms with van der Waals surface area (Å²) in [5, 5.41) is 1.36. The van der Waals surface area contributed by atoms with Gasteiger partial charge < -0.3 is 4.98 Å². The monoisotopic (exact) mass is 211 g/mol. The molecule has 2 atom stereocenters. The normalized spacial score (nSPS) is 28.2. The number of nitrogens with one attached hydrogen (secondary N) is 1. The summed E-state index contributed by atoms with van der Waals surface area (Å²) in [6.45, 7) is 8.45. The molecule has 1 nitrogen and oxygen atoms in total. The Kier molecular flexibility index (Phi) is 1.82. The van der Waals surface area contributed by atoms with Crippen LogP contribution in [0.4, 0.5) is 0 Å². The number of H-pyrrole nitrogens is 1. The number of benzene rings is 1. The van der Waals surface area contributed by atoms with E-state index in [4.69, 9.17) is 0 Å². The molecule has 1 heteroatoms. The highest BCUT2D eigenvalue weighted by Gasteiger charge is 2.49. The van der Waals surface area contributed by atoms with Crippen LogP contribution >= 0.6 is 0 Å². The Balaban J connectivity index is 2.13. The van der Waals surface area contributed by atoms with Crippen LogP contribution in [0.1, 0.15) is 30.5 Å². The summed E-state index contributed by atoms with van der Waals surface area (Å²) in [5.41, 5.74) is 4.38. The van der Waals surface area contributed by atoms with E-state index in [1.165, 1.54) is 28.6 Å². The molecule has 3 rings (SSSR count). The Morgan fingerprint density at radius 3 is 2.81 bits per heavy atom. The van der Waals surface area contributed by atoms with Crippen molar-refractivity contribution in [2.45, 2.75) is 26.2 Å². The van der Waals surface area contributed by atoms with Gasteiger partial charge in [0.1, 0.15) is 0 Å². The number of aromatic nitrogens is 1. The number of allylic oxidation sites excluding steroid dienone is 1. The number of hydrogen-bond donors (Lipinski definition) is 1. The van der Waals surface area contributed by atoms with Crippen LogP contribution in [0.25, 0.3) is 10.9 Å². The second-order valence-electron chi connectivity index (χ2n) is 5.18. The fourth-order valence-corrected chi connectivity index (χ4v) is 2.69. The van der Waals surface area contributed by atoms with E-state index in [0.717, 1.165) is 0 Å². The van der Waals surface area contributed by atoms with Gasteiger partial charge in [-0.15, -0.1) is 6.58 Å². The Hall–Kier alpha value is -1.50. The Labute approximate surface area is 96.2 Å². The first-order valence-electron chi connectivity index (χ1n) is 5.86. The van der Waals surface area contributed by atoms with Gasteiger partial charge in [0, 0.05) is 22.5 Å². The predicted molar refractivity (Wildman–Crippen MR) is 68.7 cm³/mol. The second-order valence-corrected chi connectivity index (χ2v) is 5.18. The SMILES string of the molecule is C=CC1(C)CC1c1[nH]c2ccccc2c1C. The molecule has 0 amide bonds. The van der Waals surface area contributed by atoms with E-state index in [2.05, 4.69) is 55.8 Å². The van der Waals surface area contributed by atoms with Gasteiger partial charge in [0.2, 0.25) is 0 Å². The van der Waals surface area contributed by atoms with Crippen LogP contribution in [0.5, 0.6) is 0 Å². The Bertz CT molecular complexity index is 564. The van der Waals surface area contributed by atoms with Gasteiger partial charge in [0.25, 0.3) is 0 Å². The topological polar surface area (TPSA) is 15.8 Å². The third-order valence-corrected chi connectivity index (χ3v) is 4.10. The number of aryl methyl sites for hydroxylation is 1. The van der Waals surface area contributed by atoms with Crippen LogP contribution in [-0.2, 0) is 0 Å². The van der Waals surface area contributed by atoms with Crippen LogP contribution in [0.15, 0.2) is 36.9 Å². The molecule has 1 aromatic carbocycles. The number of rotatable bonds is 2. The first-order valence-corrected chi connectivity index (χ1v) is 5.86. The van der Waals surface area contributed by atoms with Gasteiger partial charge in [0.05, 0.1) is 0 Å². The molecule has 2 aromatic rings. The minimum absolute atomic E-state index is 0.311. The van der Waals surface area contributed by atoms with Crippen LogP contribution in [0.3, 0.4) is 0 Å². The van der Waals surface area contributed by atoms with Crippen molar-refractivity contribution in [3.63, 3.8) is 0 Å². The standard InChI is InChI=1S/C15H17N/c1-4-15(3)9-12(15)14-10(2)11-7-5-6-8-13(11)16-14/h4-8,12,16H,1,9H2,2-3H3. The molecule has 0 bridgehead atoms. The van der Waals surface area contributed by atoms with Crippen molar-refractivity contribution >= 4 is 10.9 Å². The smallest absolute Gasteiger partial charge is 0.0458 e. The van der Waals surface area contributed by atoms with E-state index in [1.54, 1.807) is 0 Å². The number of hydrogen-bond acceptors (Lipinski definition) is 0.